The van der Waals surface area contributed by atoms with E-state index in [1.54, 1.807) is 6.20 Å². The maximum Gasteiger partial charge on any atom is 0.231 e. The van der Waals surface area contributed by atoms with Gasteiger partial charge in [-0.3, -0.25) is 0 Å². The highest BCUT2D eigenvalue weighted by Gasteiger charge is 2.14. The number of hydrogen-bond acceptors (Lipinski definition) is 4. The summed E-state index contributed by atoms with van der Waals surface area (Å²) in [4.78, 5) is 8.34. The second-order valence-electron chi connectivity index (χ2n) is 5.18. The highest BCUT2D eigenvalue weighted by atomic mass is 16.7. The summed E-state index contributed by atoms with van der Waals surface area (Å²) in [7, 11) is 0. The monoisotopic (exact) mass is 306 g/mol. The summed E-state index contributed by atoms with van der Waals surface area (Å²) in [6.07, 6.45) is 1.68. The fourth-order valence-corrected chi connectivity index (χ4v) is 2.62. The third kappa shape index (κ3) is 2.40. The summed E-state index contributed by atoms with van der Waals surface area (Å²) in [6, 6.07) is 13.8. The Morgan fingerprint density at radius 3 is 2.61 bits per heavy atom. The number of ether oxygens (including phenoxy) is 2. The minimum absolute atomic E-state index is 0.0153. The smallest absolute Gasteiger partial charge is 0.231 e. The lowest BCUT2D eigenvalue weighted by Gasteiger charge is -2.07. The van der Waals surface area contributed by atoms with Gasteiger partial charge in [-0.2, -0.15) is 4.99 Å². The molecular formula is C17H14N4O2. The first-order chi connectivity index (χ1) is 11.2. The fraction of sp³-hybridized carbons (Fsp3) is 0.0588. The van der Waals surface area contributed by atoms with Crippen LogP contribution in [0.25, 0.3) is 21.9 Å². The Kier molecular flexibility index (Phi) is 3.01. The molecule has 114 valence electrons. The number of rotatable bonds is 2. The predicted octanol–water partition coefficient (Wildman–Crippen LogP) is 2.54. The topological polar surface area (TPSA) is 95.8 Å². The number of hydrogen-bond donors (Lipinski definition) is 2. The van der Waals surface area contributed by atoms with Gasteiger partial charge in [-0.1, -0.05) is 18.2 Å². The van der Waals surface area contributed by atoms with Crippen molar-refractivity contribution in [1.82, 2.24) is 4.98 Å². The van der Waals surface area contributed by atoms with Crippen LogP contribution in [0.1, 0.15) is 0 Å². The molecule has 6 nitrogen and oxygen atoms in total. The van der Waals surface area contributed by atoms with Crippen molar-refractivity contribution in [2.45, 2.75) is 0 Å². The van der Waals surface area contributed by atoms with E-state index in [1.165, 1.54) is 0 Å². The summed E-state index contributed by atoms with van der Waals surface area (Å²) in [6.45, 7) is 0.259. The molecule has 3 aromatic rings. The largest absolute Gasteiger partial charge is 0.454 e. The van der Waals surface area contributed by atoms with Crippen molar-refractivity contribution in [3.63, 3.8) is 0 Å². The second kappa shape index (κ2) is 5.17. The van der Waals surface area contributed by atoms with Gasteiger partial charge in [-0.25, -0.2) is 4.98 Å². The molecule has 2 heterocycles. The molecule has 1 aliphatic heterocycles. The first-order valence-electron chi connectivity index (χ1n) is 7.09. The van der Waals surface area contributed by atoms with Crippen LogP contribution in [0, 0.1) is 0 Å². The summed E-state index contributed by atoms with van der Waals surface area (Å²) in [5.74, 6) is 2.00. The fourth-order valence-electron chi connectivity index (χ4n) is 2.62. The quantitative estimate of drug-likeness (QED) is 0.560. The van der Waals surface area contributed by atoms with E-state index in [2.05, 4.69) is 9.98 Å². The van der Waals surface area contributed by atoms with Crippen LogP contribution < -0.4 is 20.9 Å². The Morgan fingerprint density at radius 1 is 0.957 bits per heavy atom. The third-order valence-electron chi connectivity index (χ3n) is 3.69. The van der Waals surface area contributed by atoms with Crippen molar-refractivity contribution in [2.24, 2.45) is 16.5 Å². The minimum Gasteiger partial charge on any atom is -0.454 e. The molecule has 0 radical (unpaired) electrons. The van der Waals surface area contributed by atoms with Crippen molar-refractivity contribution in [2.75, 3.05) is 6.79 Å². The zero-order valence-corrected chi connectivity index (χ0v) is 12.2. The van der Waals surface area contributed by atoms with E-state index in [0.29, 0.717) is 5.82 Å². The van der Waals surface area contributed by atoms with Gasteiger partial charge < -0.3 is 20.9 Å². The van der Waals surface area contributed by atoms with Crippen LogP contribution in [0.5, 0.6) is 11.5 Å². The minimum atomic E-state index is -0.0153. The van der Waals surface area contributed by atoms with Gasteiger partial charge >= 0.3 is 0 Å². The molecule has 2 aromatic carbocycles. The highest BCUT2D eigenvalue weighted by molar-refractivity contribution is 5.96. The van der Waals surface area contributed by atoms with Crippen LogP contribution >= 0.6 is 0 Å². The van der Waals surface area contributed by atoms with E-state index < -0.39 is 0 Å². The Labute approximate surface area is 132 Å². The summed E-state index contributed by atoms with van der Waals surface area (Å²) in [5, 5.41) is 1.90. The van der Waals surface area contributed by atoms with Crippen LogP contribution in [0.3, 0.4) is 0 Å². The van der Waals surface area contributed by atoms with Gasteiger partial charge in [-0.05, 0) is 40.8 Å². The van der Waals surface area contributed by atoms with Gasteiger partial charge in [0.1, 0.15) is 0 Å². The zero-order valence-electron chi connectivity index (χ0n) is 12.2. The SMILES string of the molecule is NC(N)=Nc1nccc2ccc(-c3ccc4c(c3)OCO4)cc12. The Bertz CT molecular complexity index is 933. The Hall–Kier alpha value is -3.28. The van der Waals surface area contributed by atoms with Gasteiger partial charge in [0.25, 0.3) is 0 Å². The molecule has 0 unspecified atom stereocenters. The number of aromatic nitrogens is 1. The summed E-state index contributed by atoms with van der Waals surface area (Å²) < 4.78 is 10.8. The number of fused-ring (bicyclic) bond motifs is 2. The molecular weight excluding hydrogens is 292 g/mol. The first kappa shape index (κ1) is 13.4. The average Bonchev–Trinajstić information content (AvgIpc) is 3.02. The van der Waals surface area contributed by atoms with Gasteiger partial charge in [0, 0.05) is 11.6 Å². The predicted molar refractivity (Wildman–Crippen MR) is 88.8 cm³/mol. The molecule has 0 saturated carbocycles. The highest BCUT2D eigenvalue weighted by Crippen LogP contribution is 2.37. The average molecular weight is 306 g/mol. The van der Waals surface area contributed by atoms with Crippen molar-refractivity contribution in [3.8, 4) is 22.6 Å². The molecule has 1 aromatic heterocycles. The Morgan fingerprint density at radius 2 is 1.74 bits per heavy atom. The van der Waals surface area contributed by atoms with Crippen molar-refractivity contribution in [1.29, 1.82) is 0 Å². The van der Waals surface area contributed by atoms with E-state index in [1.807, 2.05) is 42.5 Å². The lowest BCUT2D eigenvalue weighted by Crippen LogP contribution is -2.22. The molecule has 23 heavy (non-hydrogen) atoms. The van der Waals surface area contributed by atoms with Crippen molar-refractivity contribution in [3.05, 3.63) is 48.7 Å². The molecule has 0 bridgehead atoms. The molecule has 0 atom stereocenters. The van der Waals surface area contributed by atoms with Crippen LogP contribution in [-0.2, 0) is 0 Å². The molecule has 0 saturated heterocycles. The van der Waals surface area contributed by atoms with Gasteiger partial charge in [0.15, 0.2) is 23.3 Å². The third-order valence-corrected chi connectivity index (χ3v) is 3.69. The van der Waals surface area contributed by atoms with Gasteiger partial charge in [0.2, 0.25) is 6.79 Å². The number of nitrogens with zero attached hydrogens (tertiary/aromatic N) is 2. The molecule has 0 spiro atoms. The maximum atomic E-state index is 5.48. The number of nitrogens with two attached hydrogens (primary N) is 2. The number of pyridine rings is 1. The molecule has 0 fully saturated rings. The lowest BCUT2D eigenvalue weighted by molar-refractivity contribution is 0.174. The maximum absolute atomic E-state index is 5.48. The van der Waals surface area contributed by atoms with Crippen LogP contribution in [0.15, 0.2) is 53.7 Å². The van der Waals surface area contributed by atoms with E-state index in [9.17, 15) is 0 Å². The molecule has 0 aliphatic carbocycles. The normalized spacial score (nSPS) is 12.3. The number of guanidine groups is 1. The number of benzene rings is 2. The summed E-state index contributed by atoms with van der Waals surface area (Å²) >= 11 is 0. The molecule has 0 amide bonds. The van der Waals surface area contributed by atoms with E-state index >= 15 is 0 Å². The second-order valence-corrected chi connectivity index (χ2v) is 5.18. The lowest BCUT2D eigenvalue weighted by atomic mass is 10.0. The van der Waals surface area contributed by atoms with Gasteiger partial charge in [-0.15, -0.1) is 0 Å². The molecule has 4 N–H and O–H groups in total. The van der Waals surface area contributed by atoms with Crippen LogP contribution in [0.2, 0.25) is 0 Å². The van der Waals surface area contributed by atoms with Crippen molar-refractivity contribution >= 4 is 22.5 Å². The van der Waals surface area contributed by atoms with Crippen LogP contribution in [-0.4, -0.2) is 17.7 Å². The first-order valence-corrected chi connectivity index (χ1v) is 7.09. The molecule has 4 rings (SSSR count). The zero-order chi connectivity index (χ0) is 15.8. The van der Waals surface area contributed by atoms with Gasteiger partial charge in [0.05, 0.1) is 0 Å². The van der Waals surface area contributed by atoms with Crippen molar-refractivity contribution < 1.29 is 9.47 Å². The van der Waals surface area contributed by atoms with E-state index in [0.717, 1.165) is 33.4 Å². The molecule has 6 heteroatoms. The molecule has 1 aliphatic rings. The summed E-state index contributed by atoms with van der Waals surface area (Å²) in [5.41, 5.74) is 13.0. The van der Waals surface area contributed by atoms with Crippen LogP contribution in [0.4, 0.5) is 5.82 Å². The number of aliphatic imine (C=N–C) groups is 1. The standard InChI is InChI=1S/C17H14N4O2/c18-17(19)21-16-13-7-11(2-1-10(13)5-6-20-16)12-3-4-14-15(8-12)23-9-22-14/h1-8H,9H2,(H4,18,19,20,21). The van der Waals surface area contributed by atoms with E-state index in [4.69, 9.17) is 20.9 Å². The Balaban J connectivity index is 1.86. The van der Waals surface area contributed by atoms with E-state index in [-0.39, 0.29) is 12.8 Å².